The van der Waals surface area contributed by atoms with Gasteiger partial charge in [0.15, 0.2) is 0 Å². The summed E-state index contributed by atoms with van der Waals surface area (Å²) < 4.78 is 26.1. The number of nitrogens with one attached hydrogen (secondary N) is 2. The predicted molar refractivity (Wildman–Crippen MR) is 88.9 cm³/mol. The first-order chi connectivity index (χ1) is 12.0. The van der Waals surface area contributed by atoms with Gasteiger partial charge in [0.2, 0.25) is 5.91 Å². The van der Waals surface area contributed by atoms with Crippen LogP contribution in [0.25, 0.3) is 0 Å². The topological polar surface area (TPSA) is 61.4 Å². The van der Waals surface area contributed by atoms with Crippen molar-refractivity contribution in [3.8, 4) is 0 Å². The van der Waals surface area contributed by atoms with Crippen LogP contribution in [-0.2, 0) is 11.3 Å². The van der Waals surface area contributed by atoms with Crippen molar-refractivity contribution in [2.24, 2.45) is 0 Å². The molecule has 1 fully saturated rings. The maximum absolute atomic E-state index is 13.3. The Labute approximate surface area is 143 Å². The number of rotatable bonds is 4. The summed E-state index contributed by atoms with van der Waals surface area (Å²) in [6, 6.07) is 10.8. The van der Waals surface area contributed by atoms with Gasteiger partial charge in [0.1, 0.15) is 11.6 Å². The van der Waals surface area contributed by atoms with Gasteiger partial charge in [0.25, 0.3) is 0 Å². The lowest BCUT2D eigenvalue weighted by Crippen LogP contribution is -2.43. The molecular formula is C18H17F2N3O2. The Balaban J connectivity index is 1.52. The zero-order valence-corrected chi connectivity index (χ0v) is 13.3. The molecule has 0 aliphatic carbocycles. The molecular weight excluding hydrogens is 328 g/mol. The van der Waals surface area contributed by atoms with Gasteiger partial charge in [0, 0.05) is 25.2 Å². The van der Waals surface area contributed by atoms with Crippen LogP contribution in [0.15, 0.2) is 48.5 Å². The molecule has 2 aromatic carbocycles. The third-order valence-corrected chi connectivity index (χ3v) is 3.95. The summed E-state index contributed by atoms with van der Waals surface area (Å²) in [7, 11) is 0. The first-order valence-corrected chi connectivity index (χ1v) is 7.86. The number of anilines is 1. The van der Waals surface area contributed by atoms with Crippen LogP contribution in [0.5, 0.6) is 0 Å². The number of benzene rings is 2. The van der Waals surface area contributed by atoms with Gasteiger partial charge in [-0.05, 0) is 35.9 Å². The van der Waals surface area contributed by atoms with Gasteiger partial charge < -0.3 is 15.5 Å². The highest BCUT2D eigenvalue weighted by molar-refractivity contribution is 5.96. The van der Waals surface area contributed by atoms with Crippen LogP contribution in [0, 0.1) is 11.6 Å². The molecule has 1 aliphatic rings. The van der Waals surface area contributed by atoms with Crippen LogP contribution in [0.4, 0.5) is 19.3 Å². The monoisotopic (exact) mass is 345 g/mol. The number of nitrogens with zero attached hydrogens (tertiary/aromatic N) is 1. The van der Waals surface area contributed by atoms with E-state index in [1.165, 1.54) is 35.2 Å². The van der Waals surface area contributed by atoms with Crippen molar-refractivity contribution in [2.45, 2.75) is 19.0 Å². The van der Waals surface area contributed by atoms with E-state index in [0.29, 0.717) is 5.69 Å². The minimum absolute atomic E-state index is 0.153. The fourth-order valence-corrected chi connectivity index (χ4v) is 2.72. The lowest BCUT2D eigenvalue weighted by Gasteiger charge is -2.17. The molecule has 0 unspecified atom stereocenters. The van der Waals surface area contributed by atoms with Crippen molar-refractivity contribution in [1.29, 1.82) is 0 Å². The minimum atomic E-state index is -0.418. The van der Waals surface area contributed by atoms with E-state index >= 15 is 0 Å². The van der Waals surface area contributed by atoms with E-state index in [1.54, 1.807) is 18.2 Å². The Morgan fingerprint density at radius 3 is 2.60 bits per heavy atom. The molecule has 0 spiro atoms. The fourth-order valence-electron chi connectivity index (χ4n) is 2.72. The lowest BCUT2D eigenvalue weighted by molar-refractivity contribution is -0.117. The highest BCUT2D eigenvalue weighted by Gasteiger charge is 2.31. The molecule has 7 heteroatoms. The molecule has 2 N–H and O–H groups in total. The molecule has 3 rings (SSSR count). The Morgan fingerprint density at radius 2 is 1.88 bits per heavy atom. The summed E-state index contributed by atoms with van der Waals surface area (Å²) in [6.45, 7) is 0.534. The largest absolute Gasteiger partial charge is 0.334 e. The van der Waals surface area contributed by atoms with E-state index in [1.807, 2.05) is 0 Å². The van der Waals surface area contributed by atoms with Gasteiger partial charge in [-0.3, -0.25) is 4.79 Å². The second-order valence-corrected chi connectivity index (χ2v) is 5.84. The average molecular weight is 345 g/mol. The first-order valence-electron chi connectivity index (χ1n) is 7.86. The smallest absolute Gasteiger partial charge is 0.315 e. The second-order valence-electron chi connectivity index (χ2n) is 5.84. The number of hydrogen-bond acceptors (Lipinski definition) is 2. The van der Waals surface area contributed by atoms with E-state index < -0.39 is 11.8 Å². The maximum atomic E-state index is 13.3. The quantitative estimate of drug-likeness (QED) is 0.895. The number of hydrogen-bond donors (Lipinski definition) is 2. The Bertz CT molecular complexity index is 780. The van der Waals surface area contributed by atoms with Gasteiger partial charge >= 0.3 is 6.03 Å². The molecule has 1 heterocycles. The molecule has 0 saturated carbocycles. The zero-order chi connectivity index (χ0) is 17.8. The van der Waals surface area contributed by atoms with Crippen LogP contribution in [0.2, 0.25) is 0 Å². The summed E-state index contributed by atoms with van der Waals surface area (Å²) in [5.74, 6) is -0.928. The van der Waals surface area contributed by atoms with Gasteiger partial charge in [-0.25, -0.2) is 13.6 Å². The third-order valence-electron chi connectivity index (χ3n) is 3.95. The molecule has 1 atom stereocenters. The summed E-state index contributed by atoms with van der Waals surface area (Å²) in [5, 5.41) is 5.39. The van der Waals surface area contributed by atoms with Crippen molar-refractivity contribution in [2.75, 3.05) is 11.4 Å². The number of carbonyl (C=O) groups excluding carboxylic acids is 2. The summed E-state index contributed by atoms with van der Waals surface area (Å²) in [5.41, 5.74) is 1.24. The normalized spacial score (nSPS) is 16.8. The van der Waals surface area contributed by atoms with Crippen molar-refractivity contribution < 1.29 is 18.4 Å². The fraction of sp³-hybridized carbons (Fsp3) is 0.222. The lowest BCUT2D eigenvalue weighted by atomic mass is 10.2. The molecule has 5 nitrogen and oxygen atoms in total. The molecule has 130 valence electrons. The molecule has 0 bridgehead atoms. The van der Waals surface area contributed by atoms with E-state index in [4.69, 9.17) is 0 Å². The van der Waals surface area contributed by atoms with Crippen molar-refractivity contribution in [3.63, 3.8) is 0 Å². The third kappa shape index (κ3) is 4.32. The summed E-state index contributed by atoms with van der Waals surface area (Å²) in [6.07, 6.45) is 0.153. The molecule has 0 aromatic heterocycles. The second kappa shape index (κ2) is 7.29. The summed E-state index contributed by atoms with van der Waals surface area (Å²) >= 11 is 0. The highest BCUT2D eigenvalue weighted by Crippen LogP contribution is 2.22. The van der Waals surface area contributed by atoms with Gasteiger partial charge in [0.05, 0.1) is 6.04 Å². The minimum Gasteiger partial charge on any atom is -0.334 e. The Hall–Kier alpha value is -2.96. The van der Waals surface area contributed by atoms with Crippen LogP contribution in [-0.4, -0.2) is 24.5 Å². The van der Waals surface area contributed by atoms with Gasteiger partial charge in [-0.2, -0.15) is 0 Å². The molecule has 0 radical (unpaired) electrons. The number of carbonyl (C=O) groups is 2. The predicted octanol–water partition coefficient (Wildman–Crippen LogP) is 2.57. The Kier molecular flexibility index (Phi) is 4.92. The molecule has 1 aliphatic heterocycles. The van der Waals surface area contributed by atoms with Crippen LogP contribution < -0.4 is 15.5 Å². The SMILES string of the molecule is O=C(NCc1ccc(F)cc1)N[C@@H]1CC(=O)N(c2cccc(F)c2)C1. The van der Waals surface area contributed by atoms with E-state index in [2.05, 4.69) is 10.6 Å². The number of halogens is 2. The van der Waals surface area contributed by atoms with Gasteiger partial charge in [-0.1, -0.05) is 18.2 Å². The standard InChI is InChI=1S/C18H17F2N3O2/c19-13-6-4-12(5-7-13)10-21-18(25)22-15-9-17(24)23(11-15)16-3-1-2-14(20)8-16/h1-8,15H,9-11H2,(H2,21,22,25)/t15-/m1/s1. The van der Waals surface area contributed by atoms with Crippen molar-refractivity contribution >= 4 is 17.6 Å². The number of urea groups is 1. The van der Waals surface area contributed by atoms with Crippen LogP contribution >= 0.6 is 0 Å². The van der Waals surface area contributed by atoms with Crippen LogP contribution in [0.1, 0.15) is 12.0 Å². The van der Waals surface area contributed by atoms with Crippen molar-refractivity contribution in [1.82, 2.24) is 10.6 Å². The zero-order valence-electron chi connectivity index (χ0n) is 13.3. The first kappa shape index (κ1) is 16.9. The molecule has 25 heavy (non-hydrogen) atoms. The molecule has 3 amide bonds. The molecule has 1 saturated heterocycles. The van der Waals surface area contributed by atoms with E-state index in [9.17, 15) is 18.4 Å². The maximum Gasteiger partial charge on any atom is 0.315 e. The number of amides is 3. The Morgan fingerprint density at radius 1 is 1.12 bits per heavy atom. The van der Waals surface area contributed by atoms with Crippen molar-refractivity contribution in [3.05, 3.63) is 65.7 Å². The molecule has 2 aromatic rings. The van der Waals surface area contributed by atoms with Gasteiger partial charge in [-0.15, -0.1) is 0 Å². The van der Waals surface area contributed by atoms with E-state index in [-0.39, 0.29) is 37.3 Å². The summed E-state index contributed by atoms with van der Waals surface area (Å²) in [4.78, 5) is 25.5. The van der Waals surface area contributed by atoms with E-state index in [0.717, 1.165) is 5.56 Å². The average Bonchev–Trinajstić information content (AvgIpc) is 2.94. The van der Waals surface area contributed by atoms with Crippen LogP contribution in [0.3, 0.4) is 0 Å². The highest BCUT2D eigenvalue weighted by atomic mass is 19.1.